The van der Waals surface area contributed by atoms with Crippen molar-refractivity contribution in [3.8, 4) is 5.75 Å². The van der Waals surface area contributed by atoms with Crippen LogP contribution in [0.3, 0.4) is 0 Å². The largest absolute Gasteiger partial charge is 0.494 e. The Morgan fingerprint density at radius 2 is 1.91 bits per heavy atom. The number of fused-ring (bicyclic) bond motifs is 2. The van der Waals surface area contributed by atoms with Crippen molar-refractivity contribution >= 4 is 54.1 Å². The molecule has 9 heteroatoms. The summed E-state index contributed by atoms with van der Waals surface area (Å²) in [5, 5.41) is 1.20. The highest BCUT2D eigenvalue weighted by Gasteiger charge is 2.24. The maximum atomic E-state index is 13.6. The maximum absolute atomic E-state index is 13.6. The molecule has 5 rings (SSSR count). The first-order valence-corrected chi connectivity index (χ1v) is 12.9. The van der Waals surface area contributed by atoms with Crippen LogP contribution in [0.1, 0.15) is 23.1 Å². The molecule has 0 saturated carbocycles. The van der Waals surface area contributed by atoms with Crippen molar-refractivity contribution in [3.63, 3.8) is 0 Å². The number of nitrogens with zero attached hydrogens (tertiary/aromatic N) is 4. The molecule has 1 fully saturated rings. The van der Waals surface area contributed by atoms with Crippen LogP contribution >= 0.6 is 22.7 Å². The summed E-state index contributed by atoms with van der Waals surface area (Å²) in [4.78, 5) is 27.2. The number of rotatable bonds is 8. The summed E-state index contributed by atoms with van der Waals surface area (Å²) < 4.78 is 13.1. The van der Waals surface area contributed by atoms with Gasteiger partial charge in [-0.3, -0.25) is 14.6 Å². The number of aromatic nitrogens is 2. The van der Waals surface area contributed by atoms with Crippen molar-refractivity contribution in [1.82, 2.24) is 14.9 Å². The first-order valence-electron chi connectivity index (χ1n) is 11.2. The second kappa shape index (κ2) is 10.1. The second-order valence-corrected chi connectivity index (χ2v) is 9.85. The van der Waals surface area contributed by atoms with E-state index in [1.807, 2.05) is 49.4 Å². The molecule has 4 aromatic rings. The molecule has 2 aromatic carbocycles. The van der Waals surface area contributed by atoms with Crippen molar-refractivity contribution < 1.29 is 14.3 Å². The monoisotopic (exact) mass is 482 g/mol. The number of anilines is 1. The van der Waals surface area contributed by atoms with Gasteiger partial charge in [0, 0.05) is 26.2 Å². The van der Waals surface area contributed by atoms with Gasteiger partial charge in [-0.25, -0.2) is 9.97 Å². The highest BCUT2D eigenvalue weighted by atomic mass is 32.1. The summed E-state index contributed by atoms with van der Waals surface area (Å²) in [6.45, 7) is 7.51. The Kier molecular flexibility index (Phi) is 6.82. The first-order chi connectivity index (χ1) is 16.2. The Morgan fingerprint density at radius 3 is 2.73 bits per heavy atom. The molecule has 1 saturated heterocycles. The zero-order chi connectivity index (χ0) is 22.6. The van der Waals surface area contributed by atoms with Crippen molar-refractivity contribution in [2.45, 2.75) is 13.3 Å². The first kappa shape index (κ1) is 22.2. The number of para-hydroxylation sites is 1. The lowest BCUT2D eigenvalue weighted by molar-refractivity contribution is 0.0376. The predicted molar refractivity (Wildman–Crippen MR) is 134 cm³/mol. The summed E-state index contributed by atoms with van der Waals surface area (Å²) in [6, 6.07) is 13.7. The summed E-state index contributed by atoms with van der Waals surface area (Å²) >= 11 is 2.95. The molecule has 1 aliphatic rings. The molecule has 1 amide bonds. The van der Waals surface area contributed by atoms with Crippen LogP contribution in [0.2, 0.25) is 0 Å². The molecule has 0 bridgehead atoms. The van der Waals surface area contributed by atoms with E-state index in [2.05, 4.69) is 9.88 Å². The molecule has 7 nitrogen and oxygen atoms in total. The van der Waals surface area contributed by atoms with Crippen LogP contribution in [0.5, 0.6) is 5.75 Å². The lowest BCUT2D eigenvalue weighted by Gasteiger charge is -2.27. The van der Waals surface area contributed by atoms with Crippen LogP contribution in [0.25, 0.3) is 20.4 Å². The lowest BCUT2D eigenvalue weighted by atomic mass is 10.3. The SMILES string of the molecule is CCOc1ccc2nc(N(CCCN3CCOCC3)C(=O)c3nc4ccccc4s3)sc2c1. The van der Waals surface area contributed by atoms with Crippen LogP contribution in [-0.2, 0) is 4.74 Å². The zero-order valence-corrected chi connectivity index (χ0v) is 20.2. The van der Waals surface area contributed by atoms with Crippen LogP contribution in [-0.4, -0.2) is 66.8 Å². The lowest BCUT2D eigenvalue weighted by Crippen LogP contribution is -2.39. The fourth-order valence-corrected chi connectivity index (χ4v) is 5.84. The Morgan fingerprint density at radius 1 is 1.09 bits per heavy atom. The van der Waals surface area contributed by atoms with E-state index in [-0.39, 0.29) is 5.91 Å². The standard InChI is InChI=1S/C24H26N4O3S2/c1-2-31-17-8-9-19-21(16-17)33-24(26-19)28(11-5-10-27-12-14-30-15-13-27)23(29)22-25-18-6-3-4-7-20(18)32-22/h3-4,6-9,16H,2,5,10-15H2,1H3. The van der Waals surface area contributed by atoms with Crippen LogP contribution in [0.15, 0.2) is 42.5 Å². The highest BCUT2D eigenvalue weighted by Crippen LogP contribution is 2.33. The molecule has 0 radical (unpaired) electrons. The van der Waals surface area contributed by atoms with Gasteiger partial charge in [-0.15, -0.1) is 11.3 Å². The Labute approximate surface area is 200 Å². The van der Waals surface area contributed by atoms with Gasteiger partial charge in [0.25, 0.3) is 5.91 Å². The van der Waals surface area contributed by atoms with E-state index in [4.69, 9.17) is 14.5 Å². The molecule has 0 aliphatic carbocycles. The third-order valence-corrected chi connectivity index (χ3v) is 7.64. The van der Waals surface area contributed by atoms with Crippen molar-refractivity contribution in [2.24, 2.45) is 0 Å². The van der Waals surface area contributed by atoms with Crippen LogP contribution < -0.4 is 9.64 Å². The Hall–Kier alpha value is -2.59. The second-order valence-electron chi connectivity index (χ2n) is 7.81. The highest BCUT2D eigenvalue weighted by molar-refractivity contribution is 7.23. The van der Waals surface area contributed by atoms with Gasteiger partial charge in [-0.1, -0.05) is 23.5 Å². The Balaban J connectivity index is 1.42. The van der Waals surface area contributed by atoms with Gasteiger partial charge >= 0.3 is 0 Å². The van der Waals surface area contributed by atoms with Crippen molar-refractivity contribution in [3.05, 3.63) is 47.5 Å². The van der Waals surface area contributed by atoms with Gasteiger partial charge in [-0.2, -0.15) is 0 Å². The van der Waals surface area contributed by atoms with Crippen molar-refractivity contribution in [2.75, 3.05) is 50.9 Å². The number of hydrogen-bond acceptors (Lipinski definition) is 8. The molecular formula is C24H26N4O3S2. The minimum absolute atomic E-state index is 0.0951. The summed E-state index contributed by atoms with van der Waals surface area (Å²) in [7, 11) is 0. The fourth-order valence-electron chi connectivity index (χ4n) is 3.91. The topological polar surface area (TPSA) is 67.8 Å². The molecule has 0 spiro atoms. The Bertz CT molecular complexity index is 1220. The molecule has 3 heterocycles. The van der Waals surface area contributed by atoms with Gasteiger partial charge in [0.1, 0.15) is 5.75 Å². The molecule has 1 aliphatic heterocycles. The van der Waals surface area contributed by atoms with Crippen LogP contribution in [0, 0.1) is 0 Å². The van der Waals surface area contributed by atoms with Crippen LogP contribution in [0.4, 0.5) is 5.13 Å². The molecule has 0 unspecified atom stereocenters. The fraction of sp³-hybridized carbons (Fsp3) is 0.375. The van der Waals surface area contributed by atoms with Gasteiger partial charge in [0.15, 0.2) is 10.1 Å². The van der Waals surface area contributed by atoms with E-state index in [0.717, 1.165) is 65.5 Å². The summed E-state index contributed by atoms with van der Waals surface area (Å²) in [6.07, 6.45) is 0.858. The van der Waals surface area contributed by atoms with Gasteiger partial charge in [0.05, 0.1) is 40.3 Å². The smallest absolute Gasteiger partial charge is 0.289 e. The minimum Gasteiger partial charge on any atom is -0.494 e. The third-order valence-electron chi connectivity index (χ3n) is 5.57. The number of hydrogen-bond donors (Lipinski definition) is 0. The van der Waals surface area contributed by atoms with E-state index >= 15 is 0 Å². The number of amides is 1. The van der Waals surface area contributed by atoms with Gasteiger partial charge < -0.3 is 9.47 Å². The van der Waals surface area contributed by atoms with Gasteiger partial charge in [0.2, 0.25) is 0 Å². The normalized spacial score (nSPS) is 14.7. The number of benzene rings is 2. The van der Waals surface area contributed by atoms with Gasteiger partial charge in [-0.05, 0) is 43.7 Å². The van der Waals surface area contributed by atoms with E-state index in [9.17, 15) is 4.79 Å². The van der Waals surface area contributed by atoms with E-state index in [1.165, 1.54) is 22.7 Å². The molecule has 33 heavy (non-hydrogen) atoms. The van der Waals surface area contributed by atoms with Crippen molar-refractivity contribution in [1.29, 1.82) is 0 Å². The molecule has 0 N–H and O–H groups in total. The molecule has 0 atom stereocenters. The summed E-state index contributed by atoms with van der Waals surface area (Å²) in [5.41, 5.74) is 1.72. The molecule has 172 valence electrons. The van der Waals surface area contributed by atoms with E-state index in [1.54, 1.807) is 4.90 Å². The predicted octanol–water partition coefficient (Wildman–Crippen LogP) is 4.67. The van der Waals surface area contributed by atoms with E-state index in [0.29, 0.717) is 23.3 Å². The number of carbonyl (C=O) groups excluding carboxylic acids is 1. The number of thiazole rings is 2. The average molecular weight is 483 g/mol. The average Bonchev–Trinajstić information content (AvgIpc) is 3.46. The maximum Gasteiger partial charge on any atom is 0.289 e. The number of morpholine rings is 1. The van der Waals surface area contributed by atoms with E-state index < -0.39 is 0 Å². The zero-order valence-electron chi connectivity index (χ0n) is 18.5. The minimum atomic E-state index is -0.0951. The molecular weight excluding hydrogens is 456 g/mol. The quantitative estimate of drug-likeness (QED) is 0.363. The summed E-state index contributed by atoms with van der Waals surface area (Å²) in [5.74, 6) is 0.721. The number of carbonyl (C=O) groups is 1. The number of ether oxygens (including phenoxy) is 2. The molecule has 2 aromatic heterocycles. The third kappa shape index (κ3) is 5.01.